The molecule has 122 valence electrons. The molecule has 0 aliphatic heterocycles. The summed E-state index contributed by atoms with van der Waals surface area (Å²) in [6.45, 7) is 4.18. The fraction of sp³-hybridized carbons (Fsp3) is 0.471. The van der Waals surface area contributed by atoms with Gasteiger partial charge in [0.2, 0.25) is 0 Å². The van der Waals surface area contributed by atoms with Gasteiger partial charge in [0.05, 0.1) is 19.7 Å². The van der Waals surface area contributed by atoms with Crippen LogP contribution in [0.1, 0.15) is 37.8 Å². The Labute approximate surface area is 135 Å². The second kappa shape index (κ2) is 6.40. The summed E-state index contributed by atoms with van der Waals surface area (Å²) in [6, 6.07) is 3.80. The number of aryl methyl sites for hydroxylation is 2. The molecular formula is C17H22N4O2. The highest BCUT2D eigenvalue weighted by Gasteiger charge is 2.15. The van der Waals surface area contributed by atoms with Crippen LogP contribution < -0.4 is 9.47 Å². The molecule has 0 aliphatic carbocycles. The number of aromatic nitrogens is 4. The van der Waals surface area contributed by atoms with E-state index in [1.807, 2.05) is 23.5 Å². The second-order valence-electron chi connectivity index (χ2n) is 5.62. The van der Waals surface area contributed by atoms with Gasteiger partial charge in [-0.3, -0.25) is 4.40 Å². The van der Waals surface area contributed by atoms with Crippen LogP contribution in [0.3, 0.4) is 0 Å². The third-order valence-corrected chi connectivity index (χ3v) is 4.08. The SMILES string of the molecule is CCCCCc1nnc2c3cc(OC)c(OC)cc3nc(C)n12. The lowest BCUT2D eigenvalue weighted by atomic mass is 10.2. The number of unbranched alkanes of at least 4 members (excludes halogenated alkanes) is 2. The van der Waals surface area contributed by atoms with E-state index < -0.39 is 0 Å². The number of benzene rings is 1. The van der Waals surface area contributed by atoms with Crippen molar-refractivity contribution in [2.75, 3.05) is 14.2 Å². The Balaban J connectivity index is 2.18. The molecule has 1 aromatic carbocycles. The van der Waals surface area contributed by atoms with Crippen LogP contribution in [-0.2, 0) is 6.42 Å². The van der Waals surface area contributed by atoms with Gasteiger partial charge < -0.3 is 9.47 Å². The van der Waals surface area contributed by atoms with Gasteiger partial charge in [-0.25, -0.2) is 4.98 Å². The van der Waals surface area contributed by atoms with Gasteiger partial charge in [0.25, 0.3) is 0 Å². The number of methoxy groups -OCH3 is 2. The minimum absolute atomic E-state index is 0.666. The maximum Gasteiger partial charge on any atom is 0.171 e. The number of nitrogens with zero attached hydrogens (tertiary/aromatic N) is 4. The van der Waals surface area contributed by atoms with Gasteiger partial charge in [-0.05, 0) is 19.4 Å². The molecule has 0 radical (unpaired) electrons. The zero-order chi connectivity index (χ0) is 16.4. The molecule has 0 bridgehead atoms. The molecule has 0 fully saturated rings. The summed E-state index contributed by atoms with van der Waals surface area (Å²) < 4.78 is 12.8. The predicted octanol–water partition coefficient (Wildman–Crippen LogP) is 3.34. The van der Waals surface area contributed by atoms with Crippen molar-refractivity contribution in [1.29, 1.82) is 0 Å². The summed E-state index contributed by atoms with van der Waals surface area (Å²) in [5.74, 6) is 3.19. The Morgan fingerprint density at radius 1 is 1.04 bits per heavy atom. The Morgan fingerprint density at radius 3 is 2.48 bits per heavy atom. The van der Waals surface area contributed by atoms with Crippen LogP contribution in [-0.4, -0.2) is 33.8 Å². The van der Waals surface area contributed by atoms with Crippen molar-refractivity contribution >= 4 is 16.6 Å². The summed E-state index contributed by atoms with van der Waals surface area (Å²) in [5.41, 5.74) is 1.65. The highest BCUT2D eigenvalue weighted by Crippen LogP contribution is 2.33. The van der Waals surface area contributed by atoms with E-state index in [2.05, 4.69) is 17.1 Å². The van der Waals surface area contributed by atoms with Crippen molar-refractivity contribution < 1.29 is 9.47 Å². The first-order valence-corrected chi connectivity index (χ1v) is 7.96. The summed E-state index contributed by atoms with van der Waals surface area (Å²) in [5, 5.41) is 9.69. The molecule has 0 saturated carbocycles. The van der Waals surface area contributed by atoms with Gasteiger partial charge in [-0.1, -0.05) is 19.8 Å². The van der Waals surface area contributed by atoms with Gasteiger partial charge in [-0.2, -0.15) is 0 Å². The number of ether oxygens (including phenoxy) is 2. The molecule has 6 heteroatoms. The molecule has 0 amide bonds. The first kappa shape index (κ1) is 15.5. The highest BCUT2D eigenvalue weighted by atomic mass is 16.5. The molecule has 0 N–H and O–H groups in total. The summed E-state index contributed by atoms with van der Waals surface area (Å²) in [6.07, 6.45) is 4.41. The van der Waals surface area contributed by atoms with Gasteiger partial charge in [-0.15, -0.1) is 10.2 Å². The summed E-state index contributed by atoms with van der Waals surface area (Å²) >= 11 is 0. The first-order valence-electron chi connectivity index (χ1n) is 7.96. The van der Waals surface area contributed by atoms with Crippen molar-refractivity contribution in [3.8, 4) is 11.5 Å². The average molecular weight is 314 g/mol. The van der Waals surface area contributed by atoms with Crippen LogP contribution in [0.15, 0.2) is 12.1 Å². The van der Waals surface area contributed by atoms with Crippen LogP contribution >= 0.6 is 0 Å². The molecular weight excluding hydrogens is 292 g/mol. The number of hydrogen-bond donors (Lipinski definition) is 0. The van der Waals surface area contributed by atoms with Crippen LogP contribution in [0.25, 0.3) is 16.6 Å². The molecule has 23 heavy (non-hydrogen) atoms. The predicted molar refractivity (Wildman–Crippen MR) is 89.4 cm³/mol. The van der Waals surface area contributed by atoms with E-state index in [4.69, 9.17) is 14.5 Å². The maximum absolute atomic E-state index is 5.40. The van der Waals surface area contributed by atoms with Crippen LogP contribution in [0.5, 0.6) is 11.5 Å². The van der Waals surface area contributed by atoms with Crippen molar-refractivity contribution in [3.05, 3.63) is 23.8 Å². The fourth-order valence-corrected chi connectivity index (χ4v) is 2.89. The molecule has 0 aliphatic rings. The number of hydrogen-bond acceptors (Lipinski definition) is 5. The highest BCUT2D eigenvalue weighted by molar-refractivity contribution is 5.93. The Hall–Kier alpha value is -2.37. The molecule has 2 aromatic heterocycles. The third-order valence-electron chi connectivity index (χ3n) is 4.08. The van der Waals surface area contributed by atoms with Gasteiger partial charge in [0, 0.05) is 17.9 Å². The normalized spacial score (nSPS) is 11.3. The minimum Gasteiger partial charge on any atom is -0.493 e. The number of fused-ring (bicyclic) bond motifs is 3. The van der Waals surface area contributed by atoms with E-state index in [0.29, 0.717) is 11.5 Å². The van der Waals surface area contributed by atoms with Crippen LogP contribution in [0, 0.1) is 6.92 Å². The molecule has 0 spiro atoms. The first-order chi connectivity index (χ1) is 11.2. The maximum atomic E-state index is 5.40. The lowest BCUT2D eigenvalue weighted by Crippen LogP contribution is -2.02. The molecule has 3 aromatic rings. The molecule has 3 rings (SSSR count). The zero-order valence-electron chi connectivity index (χ0n) is 14.1. The molecule has 6 nitrogen and oxygen atoms in total. The monoisotopic (exact) mass is 314 g/mol. The number of rotatable bonds is 6. The summed E-state index contributed by atoms with van der Waals surface area (Å²) in [4.78, 5) is 4.70. The van der Waals surface area contributed by atoms with E-state index in [1.165, 1.54) is 12.8 Å². The van der Waals surface area contributed by atoms with Gasteiger partial charge >= 0.3 is 0 Å². The Bertz CT molecular complexity index is 842. The smallest absolute Gasteiger partial charge is 0.171 e. The molecule has 0 saturated heterocycles. The van der Waals surface area contributed by atoms with E-state index >= 15 is 0 Å². The third kappa shape index (κ3) is 2.69. The summed E-state index contributed by atoms with van der Waals surface area (Å²) in [7, 11) is 3.25. The van der Waals surface area contributed by atoms with Crippen molar-refractivity contribution in [1.82, 2.24) is 19.6 Å². The molecule has 0 unspecified atom stereocenters. The van der Waals surface area contributed by atoms with Crippen molar-refractivity contribution in [3.63, 3.8) is 0 Å². The zero-order valence-corrected chi connectivity index (χ0v) is 14.1. The minimum atomic E-state index is 0.666. The quantitative estimate of drug-likeness (QED) is 0.653. The fourth-order valence-electron chi connectivity index (χ4n) is 2.89. The van der Waals surface area contributed by atoms with E-state index in [9.17, 15) is 0 Å². The molecule has 0 atom stereocenters. The lowest BCUT2D eigenvalue weighted by molar-refractivity contribution is 0.356. The van der Waals surface area contributed by atoms with Crippen LogP contribution in [0.4, 0.5) is 0 Å². The van der Waals surface area contributed by atoms with E-state index in [0.717, 1.165) is 41.0 Å². The Morgan fingerprint density at radius 2 is 1.78 bits per heavy atom. The molecule has 2 heterocycles. The Kier molecular flexibility index (Phi) is 4.32. The average Bonchev–Trinajstić information content (AvgIpc) is 2.99. The van der Waals surface area contributed by atoms with Gasteiger partial charge in [0.15, 0.2) is 17.1 Å². The largest absolute Gasteiger partial charge is 0.493 e. The topological polar surface area (TPSA) is 61.5 Å². The van der Waals surface area contributed by atoms with Crippen LogP contribution in [0.2, 0.25) is 0 Å². The van der Waals surface area contributed by atoms with Crippen molar-refractivity contribution in [2.45, 2.75) is 39.5 Å². The standard InChI is InChI=1S/C17H22N4O2/c1-5-6-7-8-16-19-20-17-12-9-14(22-3)15(23-4)10-13(12)18-11(2)21(16)17/h9-10H,5-8H2,1-4H3. The van der Waals surface area contributed by atoms with E-state index in [-0.39, 0.29) is 0 Å². The lowest BCUT2D eigenvalue weighted by Gasteiger charge is -2.11. The van der Waals surface area contributed by atoms with E-state index in [1.54, 1.807) is 14.2 Å². The van der Waals surface area contributed by atoms with Crippen molar-refractivity contribution in [2.24, 2.45) is 0 Å². The van der Waals surface area contributed by atoms with Gasteiger partial charge in [0.1, 0.15) is 11.6 Å². The second-order valence-corrected chi connectivity index (χ2v) is 5.62.